The number of aromatic nitrogens is 3. The SMILES string of the molecule is CCOC(=O)c1n[nH]c(SCC)n1. The van der Waals surface area contributed by atoms with Crippen LogP contribution in [0.5, 0.6) is 0 Å². The lowest BCUT2D eigenvalue weighted by Gasteiger charge is -1.94. The molecule has 0 bridgehead atoms. The number of esters is 1. The summed E-state index contributed by atoms with van der Waals surface area (Å²) in [5, 5.41) is 7.01. The molecule has 6 heteroatoms. The first-order chi connectivity index (χ1) is 6.27. The molecule has 13 heavy (non-hydrogen) atoms. The van der Waals surface area contributed by atoms with E-state index in [1.54, 1.807) is 6.92 Å². The maximum atomic E-state index is 11.1. The van der Waals surface area contributed by atoms with Gasteiger partial charge in [0.2, 0.25) is 0 Å². The van der Waals surface area contributed by atoms with Gasteiger partial charge in [-0.3, -0.25) is 5.10 Å². The number of ether oxygens (including phenoxy) is 1. The van der Waals surface area contributed by atoms with Gasteiger partial charge in [-0.1, -0.05) is 18.7 Å². The zero-order chi connectivity index (χ0) is 9.68. The molecule has 0 amide bonds. The van der Waals surface area contributed by atoms with Gasteiger partial charge in [-0.05, 0) is 12.7 Å². The van der Waals surface area contributed by atoms with E-state index < -0.39 is 5.97 Å². The minimum Gasteiger partial charge on any atom is -0.460 e. The molecule has 1 heterocycles. The molecule has 0 fully saturated rings. The lowest BCUT2D eigenvalue weighted by molar-refractivity contribution is 0.0512. The van der Waals surface area contributed by atoms with E-state index in [0.717, 1.165) is 5.75 Å². The average Bonchev–Trinajstić information content (AvgIpc) is 2.54. The van der Waals surface area contributed by atoms with Crippen LogP contribution in [0.2, 0.25) is 0 Å². The Bertz CT molecular complexity index is 287. The molecule has 0 aliphatic carbocycles. The summed E-state index contributed by atoms with van der Waals surface area (Å²) in [6, 6.07) is 0. The predicted octanol–water partition coefficient (Wildman–Crippen LogP) is 1.09. The van der Waals surface area contributed by atoms with Gasteiger partial charge in [0.05, 0.1) is 6.61 Å². The number of nitrogens with one attached hydrogen (secondary N) is 1. The summed E-state index contributed by atoms with van der Waals surface area (Å²) in [5.41, 5.74) is 0. The maximum Gasteiger partial charge on any atom is 0.378 e. The average molecular weight is 201 g/mol. The second-order valence-corrected chi connectivity index (χ2v) is 3.37. The lowest BCUT2D eigenvalue weighted by atomic mass is 10.6. The van der Waals surface area contributed by atoms with Crippen molar-refractivity contribution in [1.29, 1.82) is 0 Å². The van der Waals surface area contributed by atoms with Crippen LogP contribution in [-0.2, 0) is 4.74 Å². The Balaban J connectivity index is 2.62. The fraction of sp³-hybridized carbons (Fsp3) is 0.571. The van der Waals surface area contributed by atoms with E-state index in [0.29, 0.717) is 11.8 Å². The third kappa shape index (κ3) is 2.73. The van der Waals surface area contributed by atoms with Crippen molar-refractivity contribution in [3.63, 3.8) is 0 Å². The molecule has 0 unspecified atom stereocenters. The highest BCUT2D eigenvalue weighted by Crippen LogP contribution is 2.10. The van der Waals surface area contributed by atoms with Crippen LogP contribution in [0.3, 0.4) is 0 Å². The molecular weight excluding hydrogens is 190 g/mol. The number of H-pyrrole nitrogens is 1. The predicted molar refractivity (Wildman–Crippen MR) is 48.7 cm³/mol. The number of hydrogen-bond acceptors (Lipinski definition) is 5. The van der Waals surface area contributed by atoms with Crippen LogP contribution in [0.4, 0.5) is 0 Å². The molecule has 0 saturated carbocycles. The van der Waals surface area contributed by atoms with Gasteiger partial charge >= 0.3 is 5.97 Å². The minimum absolute atomic E-state index is 0.0952. The standard InChI is InChI=1S/C7H11N3O2S/c1-3-12-6(11)5-8-7(10-9-5)13-4-2/h3-4H2,1-2H3,(H,8,9,10). The number of carbonyl (C=O) groups excluding carboxylic acids is 1. The first-order valence-corrected chi connectivity index (χ1v) is 4.98. The number of carbonyl (C=O) groups is 1. The number of thioether (sulfide) groups is 1. The van der Waals surface area contributed by atoms with Crippen molar-refractivity contribution in [3.8, 4) is 0 Å². The van der Waals surface area contributed by atoms with Crippen molar-refractivity contribution in [2.24, 2.45) is 0 Å². The van der Waals surface area contributed by atoms with E-state index >= 15 is 0 Å². The van der Waals surface area contributed by atoms with E-state index in [1.165, 1.54) is 11.8 Å². The molecule has 0 atom stereocenters. The summed E-state index contributed by atoms with van der Waals surface area (Å²) in [5.74, 6) is 0.497. The summed E-state index contributed by atoms with van der Waals surface area (Å²) in [6.45, 7) is 4.08. The first kappa shape index (κ1) is 10.0. The molecule has 0 spiro atoms. The van der Waals surface area contributed by atoms with Gasteiger partial charge in [-0.25, -0.2) is 4.79 Å². The molecule has 0 aliphatic heterocycles. The molecule has 1 aromatic rings. The maximum absolute atomic E-state index is 11.1. The normalized spacial score (nSPS) is 10.0. The minimum atomic E-state index is -0.485. The Morgan fingerprint density at radius 2 is 2.38 bits per heavy atom. The van der Waals surface area contributed by atoms with Gasteiger partial charge in [0.15, 0.2) is 5.16 Å². The Labute approximate surface area is 80.3 Å². The van der Waals surface area contributed by atoms with Gasteiger partial charge in [-0.2, -0.15) is 4.98 Å². The van der Waals surface area contributed by atoms with Crippen LogP contribution in [0.15, 0.2) is 5.16 Å². The van der Waals surface area contributed by atoms with E-state index in [2.05, 4.69) is 15.2 Å². The van der Waals surface area contributed by atoms with Crippen LogP contribution in [0, 0.1) is 0 Å². The number of rotatable bonds is 4. The monoisotopic (exact) mass is 201 g/mol. The molecule has 0 radical (unpaired) electrons. The van der Waals surface area contributed by atoms with Gasteiger partial charge in [0, 0.05) is 0 Å². The highest BCUT2D eigenvalue weighted by atomic mass is 32.2. The summed E-state index contributed by atoms with van der Waals surface area (Å²) in [7, 11) is 0. The van der Waals surface area contributed by atoms with Crippen LogP contribution in [0.1, 0.15) is 24.5 Å². The van der Waals surface area contributed by atoms with Gasteiger partial charge in [0.1, 0.15) is 0 Å². The second-order valence-electron chi connectivity index (χ2n) is 2.12. The molecule has 1 aromatic heterocycles. The molecule has 5 nitrogen and oxygen atoms in total. The fourth-order valence-electron chi connectivity index (χ4n) is 0.735. The third-order valence-corrected chi connectivity index (χ3v) is 1.95. The Kier molecular flexibility index (Phi) is 3.75. The van der Waals surface area contributed by atoms with Gasteiger partial charge in [-0.15, -0.1) is 5.10 Å². The quantitative estimate of drug-likeness (QED) is 0.583. The zero-order valence-corrected chi connectivity index (χ0v) is 8.35. The molecule has 1 rings (SSSR count). The molecule has 0 saturated heterocycles. The summed E-state index contributed by atoms with van der Waals surface area (Å²) >= 11 is 1.49. The fourth-order valence-corrected chi connectivity index (χ4v) is 1.27. The molecule has 1 N–H and O–H groups in total. The van der Waals surface area contributed by atoms with Crippen molar-refractivity contribution in [1.82, 2.24) is 15.2 Å². The number of aromatic amines is 1. The highest BCUT2D eigenvalue weighted by Gasteiger charge is 2.12. The summed E-state index contributed by atoms with van der Waals surface area (Å²) in [4.78, 5) is 15.0. The van der Waals surface area contributed by atoms with Gasteiger partial charge < -0.3 is 4.74 Å². The van der Waals surface area contributed by atoms with Crippen LogP contribution in [-0.4, -0.2) is 33.5 Å². The van der Waals surface area contributed by atoms with E-state index in [-0.39, 0.29) is 5.82 Å². The third-order valence-electron chi connectivity index (χ3n) is 1.20. The van der Waals surface area contributed by atoms with Crippen molar-refractivity contribution in [2.75, 3.05) is 12.4 Å². The second kappa shape index (κ2) is 4.86. The van der Waals surface area contributed by atoms with Crippen molar-refractivity contribution in [3.05, 3.63) is 5.82 Å². The highest BCUT2D eigenvalue weighted by molar-refractivity contribution is 7.99. The van der Waals surface area contributed by atoms with E-state index in [9.17, 15) is 4.79 Å². The topological polar surface area (TPSA) is 67.9 Å². The smallest absolute Gasteiger partial charge is 0.378 e. The van der Waals surface area contributed by atoms with Crippen molar-refractivity contribution < 1.29 is 9.53 Å². The van der Waals surface area contributed by atoms with E-state index in [4.69, 9.17) is 4.74 Å². The molecular formula is C7H11N3O2S. The zero-order valence-electron chi connectivity index (χ0n) is 7.53. The molecule has 72 valence electrons. The van der Waals surface area contributed by atoms with Crippen LogP contribution in [0.25, 0.3) is 0 Å². The Morgan fingerprint density at radius 1 is 1.62 bits per heavy atom. The number of nitrogens with zero attached hydrogens (tertiary/aromatic N) is 2. The van der Waals surface area contributed by atoms with Crippen LogP contribution >= 0.6 is 11.8 Å². The van der Waals surface area contributed by atoms with E-state index in [1.807, 2.05) is 6.92 Å². The first-order valence-electron chi connectivity index (χ1n) is 4.00. The lowest BCUT2D eigenvalue weighted by Crippen LogP contribution is -2.06. The van der Waals surface area contributed by atoms with Crippen molar-refractivity contribution in [2.45, 2.75) is 19.0 Å². The van der Waals surface area contributed by atoms with Gasteiger partial charge in [0.25, 0.3) is 5.82 Å². The number of hydrogen-bond donors (Lipinski definition) is 1. The summed E-state index contributed by atoms with van der Waals surface area (Å²) in [6.07, 6.45) is 0. The Morgan fingerprint density at radius 3 is 3.00 bits per heavy atom. The molecule has 0 aliphatic rings. The largest absolute Gasteiger partial charge is 0.460 e. The summed E-state index contributed by atoms with van der Waals surface area (Å²) < 4.78 is 4.73. The Hall–Kier alpha value is -1.04. The molecule has 0 aromatic carbocycles. The van der Waals surface area contributed by atoms with Crippen LogP contribution < -0.4 is 0 Å². The van der Waals surface area contributed by atoms with Crippen molar-refractivity contribution >= 4 is 17.7 Å².